The first kappa shape index (κ1) is 15.6. The minimum Gasteiger partial charge on any atom is -0.481 e. The molecule has 2 bridgehead atoms. The standard InChI is InChI=1S/C18H27NO3/c1-10(2)14-12-7-8-13(14)16(18(21)22)15(12)17(20)19-9-5-4-6-11(19)3/h11-13,15-16H,4-9H2,1-3H3,(H,21,22)/t11-,12+,13+,15+,16+/m0/s1. The Morgan fingerprint density at radius 1 is 1.05 bits per heavy atom. The fraction of sp³-hybridized carbons (Fsp3) is 0.778. The van der Waals surface area contributed by atoms with Crippen LogP contribution in [0.25, 0.3) is 0 Å². The van der Waals surface area contributed by atoms with E-state index in [0.717, 1.165) is 32.2 Å². The molecule has 0 spiro atoms. The first-order valence-corrected chi connectivity index (χ1v) is 8.64. The van der Waals surface area contributed by atoms with Gasteiger partial charge >= 0.3 is 5.97 Å². The van der Waals surface area contributed by atoms with Gasteiger partial charge in [0, 0.05) is 12.6 Å². The minimum absolute atomic E-state index is 0.0848. The summed E-state index contributed by atoms with van der Waals surface area (Å²) in [7, 11) is 0. The number of amides is 1. The van der Waals surface area contributed by atoms with E-state index in [9.17, 15) is 14.7 Å². The first-order valence-electron chi connectivity index (χ1n) is 8.64. The number of fused-ring (bicyclic) bond motifs is 2. The number of nitrogens with zero attached hydrogens (tertiary/aromatic N) is 1. The second-order valence-electron chi connectivity index (χ2n) is 7.51. The van der Waals surface area contributed by atoms with Crippen LogP contribution in [0.2, 0.25) is 0 Å². The number of carbonyl (C=O) groups excluding carboxylic acids is 1. The summed E-state index contributed by atoms with van der Waals surface area (Å²) in [6.45, 7) is 7.03. The molecule has 1 amide bonds. The van der Waals surface area contributed by atoms with Gasteiger partial charge in [0.05, 0.1) is 11.8 Å². The number of piperidine rings is 1. The lowest BCUT2D eigenvalue weighted by Crippen LogP contribution is -2.49. The van der Waals surface area contributed by atoms with Crippen molar-refractivity contribution >= 4 is 11.9 Å². The maximum absolute atomic E-state index is 13.1. The van der Waals surface area contributed by atoms with E-state index in [1.54, 1.807) is 0 Å². The second kappa shape index (κ2) is 5.71. The molecule has 1 heterocycles. The molecule has 3 fully saturated rings. The lowest BCUT2D eigenvalue weighted by Gasteiger charge is -2.38. The van der Waals surface area contributed by atoms with Gasteiger partial charge in [0.25, 0.3) is 0 Å². The van der Waals surface area contributed by atoms with Crippen molar-refractivity contribution in [3.05, 3.63) is 11.1 Å². The van der Waals surface area contributed by atoms with Crippen LogP contribution in [0.5, 0.6) is 0 Å². The van der Waals surface area contributed by atoms with Gasteiger partial charge in [-0.3, -0.25) is 9.59 Å². The fourth-order valence-corrected chi connectivity index (χ4v) is 5.20. The van der Waals surface area contributed by atoms with Gasteiger partial charge in [0.15, 0.2) is 0 Å². The number of carboxylic acids is 1. The topological polar surface area (TPSA) is 57.6 Å². The van der Waals surface area contributed by atoms with Crippen LogP contribution in [-0.2, 0) is 9.59 Å². The van der Waals surface area contributed by atoms with Crippen LogP contribution >= 0.6 is 0 Å². The van der Waals surface area contributed by atoms with Crippen molar-refractivity contribution in [2.24, 2.45) is 23.7 Å². The Morgan fingerprint density at radius 2 is 1.68 bits per heavy atom. The zero-order valence-corrected chi connectivity index (χ0v) is 13.8. The van der Waals surface area contributed by atoms with Gasteiger partial charge in [0.1, 0.15) is 0 Å². The molecule has 22 heavy (non-hydrogen) atoms. The van der Waals surface area contributed by atoms with Crippen LogP contribution in [-0.4, -0.2) is 34.5 Å². The molecule has 1 aliphatic heterocycles. The molecule has 122 valence electrons. The molecule has 0 aromatic carbocycles. The number of allylic oxidation sites excluding steroid dienone is 2. The second-order valence-corrected chi connectivity index (χ2v) is 7.51. The summed E-state index contributed by atoms with van der Waals surface area (Å²) in [6, 6.07) is 0.255. The summed E-state index contributed by atoms with van der Waals surface area (Å²) in [5, 5.41) is 9.73. The maximum Gasteiger partial charge on any atom is 0.307 e. The van der Waals surface area contributed by atoms with Crippen LogP contribution in [0.15, 0.2) is 11.1 Å². The van der Waals surface area contributed by atoms with Gasteiger partial charge in [0.2, 0.25) is 5.91 Å². The predicted octanol–water partition coefficient (Wildman–Crippen LogP) is 3.08. The monoisotopic (exact) mass is 305 g/mol. The Labute approximate surface area is 132 Å². The quantitative estimate of drug-likeness (QED) is 0.798. The minimum atomic E-state index is -0.783. The van der Waals surface area contributed by atoms with Gasteiger partial charge in [-0.1, -0.05) is 11.1 Å². The van der Waals surface area contributed by atoms with Crippen molar-refractivity contribution in [2.75, 3.05) is 6.54 Å². The van der Waals surface area contributed by atoms with Crippen molar-refractivity contribution in [3.63, 3.8) is 0 Å². The molecule has 3 rings (SSSR count). The van der Waals surface area contributed by atoms with E-state index < -0.39 is 11.9 Å². The number of aliphatic carboxylic acids is 1. The molecular weight excluding hydrogens is 278 g/mol. The average molecular weight is 305 g/mol. The van der Waals surface area contributed by atoms with E-state index in [4.69, 9.17) is 0 Å². The van der Waals surface area contributed by atoms with Crippen LogP contribution < -0.4 is 0 Å². The Bertz CT molecular complexity index is 520. The number of hydrogen-bond donors (Lipinski definition) is 1. The van der Waals surface area contributed by atoms with E-state index in [-0.39, 0.29) is 29.7 Å². The smallest absolute Gasteiger partial charge is 0.307 e. The van der Waals surface area contributed by atoms with Gasteiger partial charge < -0.3 is 10.0 Å². The first-order chi connectivity index (χ1) is 10.4. The van der Waals surface area contributed by atoms with Gasteiger partial charge in [-0.15, -0.1) is 0 Å². The lowest BCUT2D eigenvalue weighted by atomic mass is 9.78. The highest BCUT2D eigenvalue weighted by Gasteiger charge is 2.58. The van der Waals surface area contributed by atoms with E-state index in [0.29, 0.717) is 0 Å². The number of likely N-dealkylation sites (tertiary alicyclic amines) is 1. The summed E-state index contributed by atoms with van der Waals surface area (Å²) in [6.07, 6.45) is 5.17. The van der Waals surface area contributed by atoms with Crippen molar-refractivity contribution in [1.82, 2.24) is 4.90 Å². The van der Waals surface area contributed by atoms with Crippen LogP contribution in [0, 0.1) is 23.7 Å². The predicted molar refractivity (Wildman–Crippen MR) is 84.2 cm³/mol. The highest BCUT2D eigenvalue weighted by Crippen LogP contribution is 2.57. The SMILES string of the molecule is CC(C)=C1[C@H]2CC[C@H]1[C@@H](C(=O)N1CCCC[C@@H]1C)[C@@H]2C(=O)O. The Balaban J connectivity index is 1.93. The summed E-state index contributed by atoms with van der Waals surface area (Å²) in [4.78, 5) is 26.9. The zero-order chi connectivity index (χ0) is 16.0. The van der Waals surface area contributed by atoms with Crippen LogP contribution in [0.1, 0.15) is 52.9 Å². The van der Waals surface area contributed by atoms with E-state index in [1.807, 2.05) is 4.90 Å². The molecule has 1 N–H and O–H groups in total. The third-order valence-corrected chi connectivity index (χ3v) is 6.08. The maximum atomic E-state index is 13.1. The highest BCUT2D eigenvalue weighted by atomic mass is 16.4. The number of carbonyl (C=O) groups is 2. The Hall–Kier alpha value is -1.32. The summed E-state index contributed by atoms with van der Waals surface area (Å²) in [5.41, 5.74) is 2.50. The van der Waals surface area contributed by atoms with E-state index >= 15 is 0 Å². The fourth-order valence-electron chi connectivity index (χ4n) is 5.20. The van der Waals surface area contributed by atoms with Crippen LogP contribution in [0.3, 0.4) is 0 Å². The molecule has 3 aliphatic rings. The molecule has 5 atom stereocenters. The van der Waals surface area contributed by atoms with Gasteiger partial charge in [-0.25, -0.2) is 0 Å². The summed E-state index contributed by atoms with van der Waals surface area (Å²) < 4.78 is 0. The third kappa shape index (κ3) is 2.27. The summed E-state index contributed by atoms with van der Waals surface area (Å²) in [5.74, 6) is -1.27. The third-order valence-electron chi connectivity index (χ3n) is 6.08. The highest BCUT2D eigenvalue weighted by molar-refractivity contribution is 5.88. The van der Waals surface area contributed by atoms with Crippen molar-refractivity contribution in [1.29, 1.82) is 0 Å². The molecule has 0 unspecified atom stereocenters. The summed E-state index contributed by atoms with van der Waals surface area (Å²) >= 11 is 0. The Kier molecular flexibility index (Phi) is 4.04. The van der Waals surface area contributed by atoms with Crippen molar-refractivity contribution < 1.29 is 14.7 Å². The Morgan fingerprint density at radius 3 is 2.23 bits per heavy atom. The molecular formula is C18H27NO3. The van der Waals surface area contributed by atoms with Crippen molar-refractivity contribution in [2.45, 2.75) is 58.9 Å². The molecule has 2 aliphatic carbocycles. The lowest BCUT2D eigenvalue weighted by molar-refractivity contribution is -0.154. The van der Waals surface area contributed by atoms with E-state index in [1.165, 1.54) is 17.6 Å². The zero-order valence-electron chi connectivity index (χ0n) is 13.8. The number of hydrogen-bond acceptors (Lipinski definition) is 2. The molecule has 0 radical (unpaired) electrons. The molecule has 4 heteroatoms. The molecule has 0 aromatic rings. The van der Waals surface area contributed by atoms with Crippen molar-refractivity contribution in [3.8, 4) is 0 Å². The van der Waals surface area contributed by atoms with Gasteiger partial charge in [-0.05, 0) is 64.7 Å². The molecule has 2 saturated carbocycles. The molecule has 1 saturated heterocycles. The van der Waals surface area contributed by atoms with Gasteiger partial charge in [-0.2, -0.15) is 0 Å². The average Bonchev–Trinajstić information content (AvgIpc) is 3.02. The largest absolute Gasteiger partial charge is 0.481 e. The normalized spacial score (nSPS) is 37.5. The van der Waals surface area contributed by atoms with E-state index in [2.05, 4.69) is 20.8 Å². The number of rotatable bonds is 2. The number of carboxylic acid groups (broad SMARTS) is 1. The molecule has 4 nitrogen and oxygen atoms in total. The molecule has 0 aromatic heterocycles. The van der Waals surface area contributed by atoms with Crippen LogP contribution in [0.4, 0.5) is 0 Å².